The van der Waals surface area contributed by atoms with Crippen LogP contribution < -0.4 is 0 Å². The number of thioether (sulfide) groups is 1. The number of halogens is 1. The summed E-state index contributed by atoms with van der Waals surface area (Å²) in [5.74, 6) is 0.570. The van der Waals surface area contributed by atoms with Crippen LogP contribution in [0.1, 0.15) is 26.6 Å². The molecule has 0 saturated heterocycles. The van der Waals surface area contributed by atoms with E-state index in [-0.39, 0.29) is 11.7 Å². The van der Waals surface area contributed by atoms with Gasteiger partial charge in [-0.15, -0.1) is 21.5 Å². The first-order valence-corrected chi connectivity index (χ1v) is 13.6. The average Bonchev–Trinajstić information content (AvgIpc) is 3.59. The van der Waals surface area contributed by atoms with Crippen LogP contribution in [0.4, 0.5) is 4.39 Å². The molecule has 2 aromatic carbocycles. The van der Waals surface area contributed by atoms with Crippen LogP contribution in [0, 0.1) is 5.82 Å². The molecule has 10 heteroatoms. The number of carbonyl (C=O) groups excluding carboxylic acids is 1. The summed E-state index contributed by atoms with van der Waals surface area (Å²) in [6.07, 6.45) is 4.18. The Morgan fingerprint density at radius 3 is 2.62 bits per heavy atom. The third kappa shape index (κ3) is 4.77. The van der Waals surface area contributed by atoms with Crippen molar-refractivity contribution in [1.82, 2.24) is 29.6 Å². The van der Waals surface area contributed by atoms with Crippen LogP contribution in [-0.4, -0.2) is 42.1 Å². The van der Waals surface area contributed by atoms with Gasteiger partial charge in [-0.1, -0.05) is 48.2 Å². The van der Waals surface area contributed by atoms with E-state index < -0.39 is 0 Å². The monoisotopic (exact) mass is 528 g/mol. The molecule has 0 radical (unpaired) electrons. The largest absolute Gasteiger partial charge is 0.333 e. The second kappa shape index (κ2) is 10.2. The summed E-state index contributed by atoms with van der Waals surface area (Å²) in [6.45, 7) is 1.28. The van der Waals surface area contributed by atoms with Crippen LogP contribution in [0.3, 0.4) is 0 Å². The molecular formula is C27H21FN6OS2. The predicted molar refractivity (Wildman–Crippen MR) is 141 cm³/mol. The lowest BCUT2D eigenvalue weighted by Crippen LogP contribution is -2.36. The minimum absolute atomic E-state index is 0.0588. The highest BCUT2D eigenvalue weighted by molar-refractivity contribution is 7.98. The quantitative estimate of drug-likeness (QED) is 0.274. The molecule has 0 fully saturated rings. The van der Waals surface area contributed by atoms with E-state index >= 15 is 0 Å². The molecule has 0 unspecified atom stereocenters. The van der Waals surface area contributed by atoms with Crippen molar-refractivity contribution in [2.24, 2.45) is 0 Å². The molecule has 0 bridgehead atoms. The smallest absolute Gasteiger partial charge is 0.273 e. The molecule has 0 aliphatic carbocycles. The first-order valence-electron chi connectivity index (χ1n) is 11.7. The van der Waals surface area contributed by atoms with Crippen molar-refractivity contribution in [3.05, 3.63) is 106 Å². The summed E-state index contributed by atoms with van der Waals surface area (Å²) < 4.78 is 16.5. The third-order valence-electron chi connectivity index (χ3n) is 6.18. The van der Waals surface area contributed by atoms with Gasteiger partial charge in [-0.25, -0.2) is 9.37 Å². The van der Waals surface area contributed by atoms with E-state index in [2.05, 4.69) is 32.3 Å². The van der Waals surface area contributed by atoms with Crippen molar-refractivity contribution < 1.29 is 9.18 Å². The maximum absolute atomic E-state index is 14.8. The highest BCUT2D eigenvalue weighted by Crippen LogP contribution is 2.31. The van der Waals surface area contributed by atoms with Crippen molar-refractivity contribution in [3.63, 3.8) is 0 Å². The summed E-state index contributed by atoms with van der Waals surface area (Å²) in [7, 11) is 0. The highest BCUT2D eigenvalue weighted by atomic mass is 32.2. The number of nitrogens with zero attached hydrogens (tertiary/aromatic N) is 6. The Labute approximate surface area is 221 Å². The zero-order chi connectivity index (χ0) is 25.2. The summed E-state index contributed by atoms with van der Waals surface area (Å²) in [5.41, 5.74) is 4.08. The highest BCUT2D eigenvalue weighted by Gasteiger charge is 2.24. The molecule has 1 aliphatic rings. The number of fused-ring (bicyclic) bond motifs is 1. The third-order valence-corrected chi connectivity index (χ3v) is 8.15. The van der Waals surface area contributed by atoms with Gasteiger partial charge in [0.05, 0.1) is 11.4 Å². The number of pyridine rings is 1. The standard InChI is InChI=1S/C27H21FN6OS2/c28-21-7-3-4-8-23(21)34-25(19-9-12-29-13-10-19)31-32-27(34)37-17-24-30-22(16-36-24)26(35)33-14-11-18-5-1-2-6-20(18)15-33/h1-10,12-13,16H,11,14-15,17H2. The van der Waals surface area contributed by atoms with Crippen molar-refractivity contribution in [3.8, 4) is 17.1 Å². The van der Waals surface area contributed by atoms with E-state index in [1.54, 1.807) is 35.2 Å². The van der Waals surface area contributed by atoms with Crippen LogP contribution in [0.25, 0.3) is 17.1 Å². The zero-order valence-electron chi connectivity index (χ0n) is 19.6. The van der Waals surface area contributed by atoms with E-state index in [0.717, 1.165) is 17.0 Å². The Bertz CT molecular complexity index is 1570. The number of hydrogen-bond acceptors (Lipinski definition) is 7. The second-order valence-corrected chi connectivity index (χ2v) is 10.4. The first-order chi connectivity index (χ1) is 18.2. The summed E-state index contributed by atoms with van der Waals surface area (Å²) in [4.78, 5) is 23.6. The minimum Gasteiger partial charge on any atom is -0.333 e. The average molecular weight is 529 g/mol. The fraction of sp³-hybridized carbons (Fsp3) is 0.148. The van der Waals surface area contributed by atoms with E-state index in [1.165, 1.54) is 40.3 Å². The fourth-order valence-corrected chi connectivity index (χ4v) is 6.07. The van der Waals surface area contributed by atoms with Crippen molar-refractivity contribution in [1.29, 1.82) is 0 Å². The number of thiazole rings is 1. The maximum atomic E-state index is 14.8. The van der Waals surface area contributed by atoms with Gasteiger partial charge in [0.25, 0.3) is 5.91 Å². The Hall–Kier alpha value is -3.89. The number of para-hydroxylation sites is 1. The zero-order valence-corrected chi connectivity index (χ0v) is 21.3. The van der Waals surface area contributed by atoms with Crippen molar-refractivity contribution in [2.45, 2.75) is 23.9 Å². The molecule has 184 valence electrons. The Morgan fingerprint density at radius 1 is 1.00 bits per heavy atom. The van der Waals surface area contributed by atoms with Crippen LogP contribution in [0.15, 0.2) is 83.6 Å². The molecule has 0 N–H and O–H groups in total. The SMILES string of the molecule is O=C(c1csc(CSc2nnc(-c3ccncc3)n2-c2ccccc2F)n1)N1CCc2ccccc2C1. The number of aromatic nitrogens is 5. The minimum atomic E-state index is -0.371. The molecule has 37 heavy (non-hydrogen) atoms. The lowest BCUT2D eigenvalue weighted by Gasteiger charge is -2.28. The Kier molecular flexibility index (Phi) is 6.50. The number of amides is 1. The molecule has 0 atom stereocenters. The summed E-state index contributed by atoms with van der Waals surface area (Å²) >= 11 is 2.84. The van der Waals surface area contributed by atoms with Crippen LogP contribution in [0.5, 0.6) is 0 Å². The van der Waals surface area contributed by atoms with Gasteiger partial charge in [0.1, 0.15) is 16.5 Å². The van der Waals surface area contributed by atoms with Crippen molar-refractivity contribution in [2.75, 3.05) is 6.54 Å². The normalized spacial score (nSPS) is 12.9. The van der Waals surface area contributed by atoms with Crippen LogP contribution in [-0.2, 0) is 18.7 Å². The first kappa shape index (κ1) is 23.5. The molecule has 0 saturated carbocycles. The summed E-state index contributed by atoms with van der Waals surface area (Å²) in [5, 5.41) is 11.8. The maximum Gasteiger partial charge on any atom is 0.273 e. The molecule has 7 nitrogen and oxygen atoms in total. The van der Waals surface area contributed by atoms with E-state index in [0.29, 0.717) is 41.2 Å². The van der Waals surface area contributed by atoms with E-state index in [4.69, 9.17) is 0 Å². The van der Waals surface area contributed by atoms with E-state index in [9.17, 15) is 9.18 Å². The van der Waals surface area contributed by atoms with Crippen LogP contribution in [0.2, 0.25) is 0 Å². The van der Waals surface area contributed by atoms with Gasteiger partial charge in [0, 0.05) is 36.4 Å². The number of hydrogen-bond donors (Lipinski definition) is 0. The lowest BCUT2D eigenvalue weighted by molar-refractivity contribution is 0.0729. The lowest BCUT2D eigenvalue weighted by atomic mass is 10.00. The van der Waals surface area contributed by atoms with Gasteiger partial charge in [0.2, 0.25) is 0 Å². The van der Waals surface area contributed by atoms with Gasteiger partial charge in [-0.3, -0.25) is 14.3 Å². The van der Waals surface area contributed by atoms with E-state index in [1.807, 2.05) is 34.5 Å². The molecule has 5 aromatic rings. The predicted octanol–water partition coefficient (Wildman–Crippen LogP) is 5.42. The van der Waals surface area contributed by atoms with Crippen molar-refractivity contribution >= 4 is 29.0 Å². The molecular weight excluding hydrogens is 507 g/mol. The fourth-order valence-electron chi connectivity index (χ4n) is 4.33. The summed E-state index contributed by atoms with van der Waals surface area (Å²) in [6, 6.07) is 18.4. The topological polar surface area (TPSA) is 76.8 Å². The van der Waals surface area contributed by atoms with Gasteiger partial charge >= 0.3 is 0 Å². The number of rotatable bonds is 6. The number of benzene rings is 2. The second-order valence-electron chi connectivity index (χ2n) is 8.49. The Morgan fingerprint density at radius 2 is 1.78 bits per heavy atom. The molecule has 1 aliphatic heterocycles. The Balaban J connectivity index is 1.22. The van der Waals surface area contributed by atoms with Gasteiger partial charge < -0.3 is 4.90 Å². The van der Waals surface area contributed by atoms with Gasteiger partial charge in [-0.05, 0) is 41.8 Å². The van der Waals surface area contributed by atoms with Gasteiger partial charge in [-0.2, -0.15) is 0 Å². The molecule has 1 amide bonds. The number of carbonyl (C=O) groups is 1. The molecule has 4 heterocycles. The molecule has 6 rings (SSSR count). The molecule has 0 spiro atoms. The molecule has 3 aromatic heterocycles. The van der Waals surface area contributed by atoms with Crippen LogP contribution >= 0.6 is 23.1 Å². The van der Waals surface area contributed by atoms with Gasteiger partial charge in [0.15, 0.2) is 11.0 Å².